The fourth-order valence-electron chi connectivity index (χ4n) is 2.15. The second-order valence-corrected chi connectivity index (χ2v) is 5.45. The van der Waals surface area contributed by atoms with Crippen molar-refractivity contribution >= 4 is 22.2 Å². The SMILES string of the molecule is CC1CCc2sc(N)c(C(=O)N(C)C)c21. The lowest BCUT2D eigenvalue weighted by molar-refractivity contribution is 0.0827. The quantitative estimate of drug-likeness (QED) is 0.794. The first-order valence-electron chi connectivity index (χ1n) is 5.15. The number of amides is 1. The molecule has 0 saturated carbocycles. The molecular weight excluding hydrogens is 208 g/mol. The van der Waals surface area contributed by atoms with Crippen LogP contribution in [-0.2, 0) is 6.42 Å². The van der Waals surface area contributed by atoms with Crippen LogP contribution in [-0.4, -0.2) is 24.9 Å². The van der Waals surface area contributed by atoms with Crippen LogP contribution >= 0.6 is 11.3 Å². The standard InChI is InChI=1S/C11H16N2OS/c1-6-4-5-7-8(6)9(10(12)15-7)11(14)13(2)3/h6H,4-5,12H2,1-3H3. The molecule has 1 heterocycles. The molecule has 1 unspecified atom stereocenters. The van der Waals surface area contributed by atoms with E-state index in [0.717, 1.165) is 18.4 Å². The van der Waals surface area contributed by atoms with Crippen LogP contribution in [0.25, 0.3) is 0 Å². The minimum atomic E-state index is 0.0405. The zero-order valence-electron chi connectivity index (χ0n) is 9.33. The maximum absolute atomic E-state index is 12.0. The van der Waals surface area contributed by atoms with Crippen LogP contribution in [0.15, 0.2) is 0 Å². The lowest BCUT2D eigenvalue weighted by Gasteiger charge is -2.13. The van der Waals surface area contributed by atoms with Crippen LogP contribution in [0.4, 0.5) is 5.00 Å². The number of anilines is 1. The molecular formula is C11H16N2OS. The van der Waals surface area contributed by atoms with E-state index in [1.165, 1.54) is 10.4 Å². The van der Waals surface area contributed by atoms with E-state index in [9.17, 15) is 4.79 Å². The van der Waals surface area contributed by atoms with E-state index >= 15 is 0 Å². The zero-order chi connectivity index (χ0) is 11.2. The normalized spacial score (nSPS) is 19.0. The Bertz CT molecular complexity index is 409. The number of nitrogens with two attached hydrogens (primary N) is 1. The van der Waals surface area contributed by atoms with Gasteiger partial charge in [-0.15, -0.1) is 11.3 Å². The van der Waals surface area contributed by atoms with Crippen LogP contribution in [0, 0.1) is 0 Å². The third-order valence-corrected chi connectivity index (χ3v) is 4.06. The number of fused-ring (bicyclic) bond motifs is 1. The molecule has 3 nitrogen and oxygen atoms in total. The van der Waals surface area contributed by atoms with Gasteiger partial charge in [0.2, 0.25) is 0 Å². The third-order valence-electron chi connectivity index (χ3n) is 2.97. The van der Waals surface area contributed by atoms with Crippen molar-refractivity contribution in [1.29, 1.82) is 0 Å². The Morgan fingerprint density at radius 1 is 1.53 bits per heavy atom. The van der Waals surface area contributed by atoms with E-state index in [2.05, 4.69) is 6.92 Å². The fourth-order valence-corrected chi connectivity index (χ4v) is 3.35. The Hall–Kier alpha value is -1.03. The lowest BCUT2D eigenvalue weighted by atomic mass is 10.0. The number of hydrogen-bond donors (Lipinski definition) is 1. The first-order chi connectivity index (χ1) is 7.02. The fraction of sp³-hybridized carbons (Fsp3) is 0.545. The maximum Gasteiger partial charge on any atom is 0.256 e. The molecule has 82 valence electrons. The van der Waals surface area contributed by atoms with E-state index in [1.54, 1.807) is 30.3 Å². The molecule has 1 aliphatic rings. The summed E-state index contributed by atoms with van der Waals surface area (Å²) in [6, 6.07) is 0. The molecule has 0 fully saturated rings. The van der Waals surface area contributed by atoms with Gasteiger partial charge in [0.15, 0.2) is 0 Å². The molecule has 0 aliphatic heterocycles. The van der Waals surface area contributed by atoms with Crippen LogP contribution in [0.5, 0.6) is 0 Å². The first-order valence-corrected chi connectivity index (χ1v) is 5.96. The summed E-state index contributed by atoms with van der Waals surface area (Å²) in [4.78, 5) is 14.9. The van der Waals surface area contributed by atoms with Gasteiger partial charge >= 0.3 is 0 Å². The molecule has 2 rings (SSSR count). The number of carbonyl (C=O) groups is 1. The van der Waals surface area contributed by atoms with Crippen molar-refractivity contribution in [3.63, 3.8) is 0 Å². The third kappa shape index (κ3) is 1.53. The summed E-state index contributed by atoms with van der Waals surface area (Å²) in [6.45, 7) is 2.17. The summed E-state index contributed by atoms with van der Waals surface area (Å²) < 4.78 is 0. The highest BCUT2D eigenvalue weighted by Crippen LogP contribution is 2.43. The first kappa shape index (κ1) is 10.5. The largest absolute Gasteiger partial charge is 0.390 e. The average molecular weight is 224 g/mol. The lowest BCUT2D eigenvalue weighted by Crippen LogP contribution is -2.23. The molecule has 0 radical (unpaired) electrons. The summed E-state index contributed by atoms with van der Waals surface area (Å²) >= 11 is 1.58. The van der Waals surface area contributed by atoms with E-state index in [-0.39, 0.29) is 5.91 Å². The van der Waals surface area contributed by atoms with E-state index < -0.39 is 0 Å². The number of thiophene rings is 1. The predicted molar refractivity (Wildman–Crippen MR) is 63.5 cm³/mol. The topological polar surface area (TPSA) is 46.3 Å². The Labute approximate surface area is 93.9 Å². The minimum Gasteiger partial charge on any atom is -0.390 e. The number of nitrogens with zero attached hydrogens (tertiary/aromatic N) is 1. The Kier molecular flexibility index (Phi) is 2.46. The van der Waals surface area contributed by atoms with Crippen molar-refractivity contribution in [1.82, 2.24) is 4.90 Å². The van der Waals surface area contributed by atoms with Crippen molar-refractivity contribution in [2.45, 2.75) is 25.7 Å². The van der Waals surface area contributed by atoms with Gasteiger partial charge in [0.1, 0.15) is 0 Å². The van der Waals surface area contributed by atoms with E-state index in [4.69, 9.17) is 5.73 Å². The summed E-state index contributed by atoms with van der Waals surface area (Å²) in [5.74, 6) is 0.520. The second-order valence-electron chi connectivity index (χ2n) is 4.32. The Balaban J connectivity index is 2.52. The summed E-state index contributed by atoms with van der Waals surface area (Å²) in [5.41, 5.74) is 7.88. The average Bonchev–Trinajstić information content (AvgIpc) is 2.65. The van der Waals surface area contributed by atoms with Crippen molar-refractivity contribution in [3.05, 3.63) is 16.0 Å². The molecule has 1 atom stereocenters. The molecule has 2 N–H and O–H groups in total. The summed E-state index contributed by atoms with van der Waals surface area (Å²) in [6.07, 6.45) is 2.22. The second kappa shape index (κ2) is 3.52. The number of nitrogen functional groups attached to an aromatic ring is 1. The number of carbonyl (C=O) groups excluding carboxylic acids is 1. The highest BCUT2D eigenvalue weighted by atomic mass is 32.1. The predicted octanol–water partition coefficient (Wildman–Crippen LogP) is 2.08. The van der Waals surface area contributed by atoms with Gasteiger partial charge in [-0.2, -0.15) is 0 Å². The van der Waals surface area contributed by atoms with Gasteiger partial charge in [-0.3, -0.25) is 4.79 Å². The molecule has 0 aromatic carbocycles. The molecule has 1 aliphatic carbocycles. The van der Waals surface area contributed by atoms with E-state index in [1.807, 2.05) is 0 Å². The van der Waals surface area contributed by atoms with Crippen molar-refractivity contribution < 1.29 is 4.79 Å². The molecule has 0 bridgehead atoms. The molecule has 1 aromatic rings. The number of rotatable bonds is 1. The summed E-state index contributed by atoms with van der Waals surface area (Å²) in [7, 11) is 3.54. The van der Waals surface area contributed by atoms with E-state index in [0.29, 0.717) is 10.9 Å². The van der Waals surface area contributed by atoms with Gasteiger partial charge in [0.25, 0.3) is 5.91 Å². The van der Waals surface area contributed by atoms with Crippen molar-refractivity contribution in [3.8, 4) is 0 Å². The van der Waals surface area contributed by atoms with Gasteiger partial charge in [0, 0.05) is 19.0 Å². The molecule has 15 heavy (non-hydrogen) atoms. The van der Waals surface area contributed by atoms with Crippen LogP contribution in [0.2, 0.25) is 0 Å². The molecule has 4 heteroatoms. The molecule has 0 spiro atoms. The number of hydrogen-bond acceptors (Lipinski definition) is 3. The maximum atomic E-state index is 12.0. The van der Waals surface area contributed by atoms with Gasteiger partial charge in [-0.1, -0.05) is 6.92 Å². The van der Waals surface area contributed by atoms with Crippen LogP contribution in [0.3, 0.4) is 0 Å². The van der Waals surface area contributed by atoms with Gasteiger partial charge in [-0.05, 0) is 24.3 Å². The highest BCUT2D eigenvalue weighted by Gasteiger charge is 2.30. The number of aryl methyl sites for hydroxylation is 1. The van der Waals surface area contributed by atoms with Gasteiger partial charge in [-0.25, -0.2) is 0 Å². The smallest absolute Gasteiger partial charge is 0.256 e. The van der Waals surface area contributed by atoms with Crippen molar-refractivity contribution in [2.75, 3.05) is 19.8 Å². The van der Waals surface area contributed by atoms with Gasteiger partial charge < -0.3 is 10.6 Å². The zero-order valence-corrected chi connectivity index (χ0v) is 10.1. The minimum absolute atomic E-state index is 0.0405. The Morgan fingerprint density at radius 2 is 2.20 bits per heavy atom. The molecule has 0 saturated heterocycles. The molecule has 1 amide bonds. The van der Waals surface area contributed by atoms with Crippen LogP contribution < -0.4 is 5.73 Å². The molecule has 1 aromatic heterocycles. The van der Waals surface area contributed by atoms with Crippen LogP contribution in [0.1, 0.15) is 40.1 Å². The van der Waals surface area contributed by atoms with Gasteiger partial charge in [0.05, 0.1) is 10.6 Å². The van der Waals surface area contributed by atoms with Crippen molar-refractivity contribution in [2.24, 2.45) is 0 Å². The monoisotopic (exact) mass is 224 g/mol. The Morgan fingerprint density at radius 3 is 2.80 bits per heavy atom. The summed E-state index contributed by atoms with van der Waals surface area (Å²) in [5, 5.41) is 0.685. The highest BCUT2D eigenvalue weighted by molar-refractivity contribution is 7.16.